The third-order valence-corrected chi connectivity index (χ3v) is 4.69. The highest BCUT2D eigenvalue weighted by atomic mass is 79.9. The minimum absolute atomic E-state index is 0.0187. The topological polar surface area (TPSA) is 56.5 Å². The Bertz CT molecular complexity index is 659. The second-order valence-electron chi connectivity index (χ2n) is 5.35. The van der Waals surface area contributed by atoms with E-state index >= 15 is 0 Å². The van der Waals surface area contributed by atoms with Gasteiger partial charge in [0.25, 0.3) is 0 Å². The molecule has 3 rings (SSSR count). The van der Waals surface area contributed by atoms with Crippen LogP contribution in [0, 0.1) is 23.2 Å². The molecule has 0 N–H and O–H groups in total. The first kappa shape index (κ1) is 14.0. The van der Waals surface area contributed by atoms with E-state index in [1.54, 1.807) is 23.4 Å². The Morgan fingerprint density at radius 1 is 1.38 bits per heavy atom. The lowest BCUT2D eigenvalue weighted by Gasteiger charge is -2.27. The number of hydrogen-bond acceptors (Lipinski definition) is 4. The number of ketones is 1. The van der Waals surface area contributed by atoms with Crippen molar-refractivity contribution in [3.63, 3.8) is 0 Å². The molecule has 106 valence electrons. The number of nitriles is 1. The SMILES string of the molecule is C[C@H]1[C@H](C#N)[C@H]2C=CC=NN2[C@@H]1C(=O)c1ccc(Br)cc1. The van der Waals surface area contributed by atoms with Gasteiger partial charge in [-0.05, 0) is 18.2 Å². The maximum Gasteiger partial charge on any atom is 0.187 e. The largest absolute Gasteiger partial charge is 0.292 e. The van der Waals surface area contributed by atoms with E-state index in [0.29, 0.717) is 5.56 Å². The molecule has 0 aromatic heterocycles. The van der Waals surface area contributed by atoms with Gasteiger partial charge in [0.2, 0.25) is 0 Å². The van der Waals surface area contributed by atoms with Crippen LogP contribution in [0.4, 0.5) is 0 Å². The molecule has 1 aromatic rings. The molecule has 1 fully saturated rings. The maximum absolute atomic E-state index is 12.8. The summed E-state index contributed by atoms with van der Waals surface area (Å²) >= 11 is 3.37. The summed E-state index contributed by atoms with van der Waals surface area (Å²) in [5.41, 5.74) is 0.650. The average molecular weight is 344 g/mol. The molecule has 21 heavy (non-hydrogen) atoms. The number of hydrogen-bond donors (Lipinski definition) is 0. The molecular weight excluding hydrogens is 330 g/mol. The van der Waals surface area contributed by atoms with Crippen molar-refractivity contribution in [3.05, 3.63) is 46.5 Å². The summed E-state index contributed by atoms with van der Waals surface area (Å²) in [5.74, 6) is -0.260. The lowest BCUT2D eigenvalue weighted by Crippen LogP contribution is -2.39. The van der Waals surface area contributed by atoms with Crippen molar-refractivity contribution in [2.75, 3.05) is 0 Å². The highest BCUT2D eigenvalue weighted by Crippen LogP contribution is 2.38. The Labute approximate surface area is 131 Å². The van der Waals surface area contributed by atoms with Crippen LogP contribution in [-0.4, -0.2) is 29.1 Å². The van der Waals surface area contributed by atoms with Gasteiger partial charge < -0.3 is 0 Å². The fourth-order valence-corrected chi connectivity index (χ4v) is 3.34. The summed E-state index contributed by atoms with van der Waals surface area (Å²) in [6.07, 6.45) is 5.46. The van der Waals surface area contributed by atoms with E-state index in [1.807, 2.05) is 31.2 Å². The molecule has 4 nitrogen and oxygen atoms in total. The molecule has 4 atom stereocenters. The molecule has 0 amide bonds. The second-order valence-corrected chi connectivity index (χ2v) is 6.27. The third kappa shape index (κ3) is 2.30. The molecular formula is C16H14BrN3O. The van der Waals surface area contributed by atoms with Gasteiger partial charge in [0.05, 0.1) is 18.0 Å². The fourth-order valence-electron chi connectivity index (χ4n) is 3.07. The number of rotatable bonds is 2. The van der Waals surface area contributed by atoms with Gasteiger partial charge in [-0.2, -0.15) is 10.4 Å². The molecule has 1 saturated heterocycles. The Hall–Kier alpha value is -1.93. The second kappa shape index (κ2) is 5.45. The van der Waals surface area contributed by atoms with Crippen LogP contribution in [-0.2, 0) is 0 Å². The van der Waals surface area contributed by atoms with E-state index in [0.717, 1.165) is 4.47 Å². The predicted molar refractivity (Wildman–Crippen MR) is 83.8 cm³/mol. The number of Topliss-reactive ketones (excluding diaryl/α,β-unsaturated/α-hetero) is 1. The zero-order valence-corrected chi connectivity index (χ0v) is 13.1. The van der Waals surface area contributed by atoms with E-state index in [1.165, 1.54) is 0 Å². The Kier molecular flexibility index (Phi) is 3.64. The standard InChI is InChI=1S/C16H14BrN3O/c1-10-13(9-18)14-3-2-8-19-20(14)15(10)16(21)11-4-6-12(17)7-5-11/h2-8,10,13-15H,1H3/t10-,13-,14+,15-/m0/s1. The summed E-state index contributed by atoms with van der Waals surface area (Å²) in [4.78, 5) is 12.8. The van der Waals surface area contributed by atoms with Gasteiger partial charge >= 0.3 is 0 Å². The smallest absolute Gasteiger partial charge is 0.187 e. The quantitative estimate of drug-likeness (QED) is 0.775. The van der Waals surface area contributed by atoms with Crippen LogP contribution in [0.15, 0.2) is 46.0 Å². The van der Waals surface area contributed by atoms with Gasteiger partial charge in [-0.3, -0.25) is 9.80 Å². The first-order valence-corrected chi connectivity index (χ1v) is 7.61. The molecule has 2 aliphatic rings. The van der Waals surface area contributed by atoms with Crippen LogP contribution in [0.2, 0.25) is 0 Å². The van der Waals surface area contributed by atoms with E-state index in [9.17, 15) is 10.1 Å². The number of benzene rings is 1. The first-order valence-electron chi connectivity index (χ1n) is 6.82. The van der Waals surface area contributed by atoms with E-state index in [-0.39, 0.29) is 29.7 Å². The lowest BCUT2D eigenvalue weighted by atomic mass is 9.86. The van der Waals surface area contributed by atoms with Crippen molar-refractivity contribution < 1.29 is 4.79 Å². The Morgan fingerprint density at radius 3 is 2.76 bits per heavy atom. The zero-order chi connectivity index (χ0) is 15.0. The minimum atomic E-state index is -0.387. The van der Waals surface area contributed by atoms with E-state index < -0.39 is 0 Å². The van der Waals surface area contributed by atoms with Crippen LogP contribution in [0.1, 0.15) is 17.3 Å². The van der Waals surface area contributed by atoms with Crippen LogP contribution >= 0.6 is 15.9 Å². The number of allylic oxidation sites excluding steroid dienone is 1. The van der Waals surface area contributed by atoms with E-state index in [2.05, 4.69) is 27.1 Å². The van der Waals surface area contributed by atoms with E-state index in [4.69, 9.17) is 0 Å². The number of hydrazone groups is 1. The zero-order valence-electron chi connectivity index (χ0n) is 11.5. The van der Waals surface area contributed by atoms with Crippen molar-refractivity contribution in [1.82, 2.24) is 5.01 Å². The summed E-state index contributed by atoms with van der Waals surface area (Å²) in [7, 11) is 0. The van der Waals surface area contributed by atoms with Crippen molar-refractivity contribution in [2.45, 2.75) is 19.0 Å². The molecule has 0 aliphatic carbocycles. The van der Waals surface area contributed by atoms with Gasteiger partial charge in [0, 0.05) is 22.2 Å². The molecule has 0 saturated carbocycles. The Morgan fingerprint density at radius 2 is 2.10 bits per heavy atom. The molecule has 0 radical (unpaired) electrons. The van der Waals surface area contributed by atoms with Crippen molar-refractivity contribution in [3.8, 4) is 6.07 Å². The van der Waals surface area contributed by atoms with Crippen molar-refractivity contribution in [2.24, 2.45) is 16.9 Å². The normalized spacial score (nSPS) is 30.0. The lowest BCUT2D eigenvalue weighted by molar-refractivity contribution is 0.0824. The molecule has 0 bridgehead atoms. The number of carbonyl (C=O) groups excluding carboxylic acids is 1. The number of carbonyl (C=O) groups is 1. The number of nitrogens with zero attached hydrogens (tertiary/aromatic N) is 3. The third-order valence-electron chi connectivity index (χ3n) is 4.16. The number of fused-ring (bicyclic) bond motifs is 1. The molecule has 1 aromatic carbocycles. The summed E-state index contributed by atoms with van der Waals surface area (Å²) in [6, 6.07) is 9.14. The average Bonchev–Trinajstić information content (AvgIpc) is 2.78. The molecule has 2 heterocycles. The predicted octanol–water partition coefficient (Wildman–Crippen LogP) is 3.02. The minimum Gasteiger partial charge on any atom is -0.292 e. The maximum atomic E-state index is 12.8. The van der Waals surface area contributed by atoms with Gasteiger partial charge in [-0.1, -0.05) is 41.1 Å². The Balaban J connectivity index is 1.95. The van der Waals surface area contributed by atoms with Gasteiger partial charge in [0.1, 0.15) is 6.04 Å². The summed E-state index contributed by atoms with van der Waals surface area (Å²) < 4.78 is 0.935. The molecule has 0 unspecified atom stereocenters. The van der Waals surface area contributed by atoms with Gasteiger partial charge in [-0.25, -0.2) is 0 Å². The molecule has 5 heteroatoms. The highest BCUT2D eigenvalue weighted by molar-refractivity contribution is 9.10. The van der Waals surface area contributed by atoms with Crippen molar-refractivity contribution >= 4 is 27.9 Å². The van der Waals surface area contributed by atoms with Crippen LogP contribution in [0.5, 0.6) is 0 Å². The van der Waals surface area contributed by atoms with Crippen LogP contribution < -0.4 is 0 Å². The molecule has 0 spiro atoms. The molecule has 2 aliphatic heterocycles. The van der Waals surface area contributed by atoms with Gasteiger partial charge in [0.15, 0.2) is 5.78 Å². The first-order chi connectivity index (χ1) is 10.1. The van der Waals surface area contributed by atoms with Gasteiger partial charge in [-0.15, -0.1) is 0 Å². The van der Waals surface area contributed by atoms with Crippen LogP contribution in [0.25, 0.3) is 0 Å². The monoisotopic (exact) mass is 343 g/mol. The van der Waals surface area contributed by atoms with Crippen LogP contribution in [0.3, 0.4) is 0 Å². The fraction of sp³-hybridized carbons (Fsp3) is 0.312. The highest BCUT2D eigenvalue weighted by Gasteiger charge is 2.49. The van der Waals surface area contributed by atoms with Crippen molar-refractivity contribution in [1.29, 1.82) is 5.26 Å². The number of halogens is 1. The summed E-state index contributed by atoms with van der Waals surface area (Å²) in [5, 5.41) is 15.5. The summed E-state index contributed by atoms with van der Waals surface area (Å²) in [6.45, 7) is 1.96.